The van der Waals surface area contributed by atoms with Crippen molar-refractivity contribution in [2.24, 2.45) is 0 Å². The first-order valence-corrected chi connectivity index (χ1v) is 2.75. The maximum Gasteiger partial charge on any atom is 0.279 e. The number of hydrogen-bond donors (Lipinski definition) is 3. The summed E-state index contributed by atoms with van der Waals surface area (Å²) in [7, 11) is 0. The van der Waals surface area contributed by atoms with E-state index in [2.05, 4.69) is 9.97 Å². The van der Waals surface area contributed by atoms with Crippen molar-refractivity contribution in [3.05, 3.63) is 18.1 Å². The lowest BCUT2D eigenvalue weighted by Gasteiger charge is -1.98. The summed E-state index contributed by atoms with van der Waals surface area (Å²) in [4.78, 5) is 17.8. The number of nitrogens with zero attached hydrogens (tertiary/aromatic N) is 2. The molecule has 0 aliphatic rings. The van der Waals surface area contributed by atoms with E-state index in [9.17, 15) is 4.79 Å². The highest BCUT2D eigenvalue weighted by Gasteiger charge is 2.08. The van der Waals surface area contributed by atoms with Gasteiger partial charge in [0.2, 0.25) is 0 Å². The zero-order valence-electron chi connectivity index (χ0n) is 5.48. The molecule has 0 radical (unpaired) electrons. The Morgan fingerprint density at radius 1 is 1.73 bits per heavy atom. The molecule has 0 saturated heterocycles. The standard InChI is InChI=1S/C5H6N4O2/c6-4-3(5(10)9-11)1-7-2-8-4/h1-2,11H,(H,9,10)(H2,6,7,8). The van der Waals surface area contributed by atoms with Gasteiger partial charge in [0.15, 0.2) is 0 Å². The van der Waals surface area contributed by atoms with E-state index in [1.807, 2.05) is 0 Å². The number of carbonyl (C=O) groups is 1. The molecule has 0 unspecified atom stereocenters. The molecular formula is C5H6N4O2. The van der Waals surface area contributed by atoms with Gasteiger partial charge >= 0.3 is 0 Å². The average molecular weight is 154 g/mol. The molecule has 0 bridgehead atoms. The topological polar surface area (TPSA) is 101 Å². The lowest BCUT2D eigenvalue weighted by Crippen LogP contribution is -2.20. The van der Waals surface area contributed by atoms with Gasteiger partial charge in [0.1, 0.15) is 17.7 Å². The second-order valence-electron chi connectivity index (χ2n) is 1.76. The maximum atomic E-state index is 10.7. The van der Waals surface area contributed by atoms with Crippen LogP contribution in [0.3, 0.4) is 0 Å². The van der Waals surface area contributed by atoms with Crippen LogP contribution in [0.5, 0.6) is 0 Å². The molecule has 0 aromatic carbocycles. The summed E-state index contributed by atoms with van der Waals surface area (Å²) in [6.45, 7) is 0. The van der Waals surface area contributed by atoms with Crippen LogP contribution in [-0.4, -0.2) is 21.1 Å². The summed E-state index contributed by atoms with van der Waals surface area (Å²) in [5, 5.41) is 8.20. The quantitative estimate of drug-likeness (QED) is 0.362. The van der Waals surface area contributed by atoms with Crippen LogP contribution in [-0.2, 0) is 0 Å². The van der Waals surface area contributed by atoms with Crippen molar-refractivity contribution in [3.8, 4) is 0 Å². The molecule has 1 aromatic heterocycles. The average Bonchev–Trinajstić information content (AvgIpc) is 2.04. The van der Waals surface area contributed by atoms with E-state index in [0.29, 0.717) is 0 Å². The molecule has 58 valence electrons. The molecule has 0 aliphatic carbocycles. The first kappa shape index (κ1) is 7.42. The number of hydroxylamine groups is 1. The predicted octanol–water partition coefficient (Wildman–Crippen LogP) is -0.822. The Bertz CT molecular complexity index is 275. The fraction of sp³-hybridized carbons (Fsp3) is 0. The normalized spacial score (nSPS) is 9.18. The zero-order valence-corrected chi connectivity index (χ0v) is 5.48. The predicted molar refractivity (Wildman–Crippen MR) is 35.7 cm³/mol. The van der Waals surface area contributed by atoms with E-state index < -0.39 is 5.91 Å². The molecule has 6 heteroatoms. The highest BCUT2D eigenvalue weighted by Crippen LogP contribution is 2.03. The van der Waals surface area contributed by atoms with Crippen LogP contribution in [0.25, 0.3) is 0 Å². The van der Waals surface area contributed by atoms with E-state index in [1.165, 1.54) is 18.0 Å². The SMILES string of the molecule is Nc1ncncc1C(=O)NO. The number of carbonyl (C=O) groups excluding carboxylic acids is 1. The number of hydrogen-bond acceptors (Lipinski definition) is 5. The monoisotopic (exact) mass is 154 g/mol. The highest BCUT2D eigenvalue weighted by atomic mass is 16.5. The molecule has 0 fully saturated rings. The summed E-state index contributed by atoms with van der Waals surface area (Å²) in [6.07, 6.45) is 2.43. The van der Waals surface area contributed by atoms with E-state index in [0.717, 1.165) is 0 Å². The second kappa shape index (κ2) is 2.93. The molecule has 4 N–H and O–H groups in total. The lowest BCUT2D eigenvalue weighted by atomic mass is 10.3. The summed E-state index contributed by atoms with van der Waals surface area (Å²) in [5.41, 5.74) is 6.75. The fourth-order valence-electron chi connectivity index (χ4n) is 0.574. The lowest BCUT2D eigenvalue weighted by molar-refractivity contribution is 0.0706. The van der Waals surface area contributed by atoms with Crippen LogP contribution >= 0.6 is 0 Å². The Labute approximate surface area is 62.0 Å². The number of nitrogens with two attached hydrogens (primary N) is 1. The molecule has 0 saturated carbocycles. The van der Waals surface area contributed by atoms with Gasteiger partial charge in [-0.05, 0) is 0 Å². The van der Waals surface area contributed by atoms with Crippen molar-refractivity contribution in [2.45, 2.75) is 0 Å². The third-order valence-corrected chi connectivity index (χ3v) is 1.09. The van der Waals surface area contributed by atoms with Crippen molar-refractivity contribution in [1.82, 2.24) is 15.4 Å². The smallest absolute Gasteiger partial charge is 0.279 e. The summed E-state index contributed by atoms with van der Waals surface area (Å²) in [6, 6.07) is 0. The van der Waals surface area contributed by atoms with Gasteiger partial charge in [-0.3, -0.25) is 10.0 Å². The maximum absolute atomic E-state index is 10.7. The summed E-state index contributed by atoms with van der Waals surface area (Å²) in [5.74, 6) is -0.686. The molecule has 0 atom stereocenters. The van der Waals surface area contributed by atoms with Crippen LogP contribution < -0.4 is 11.2 Å². The number of nitrogens with one attached hydrogen (secondary N) is 1. The third kappa shape index (κ3) is 1.41. The van der Waals surface area contributed by atoms with Gasteiger partial charge in [0.05, 0.1) is 0 Å². The third-order valence-electron chi connectivity index (χ3n) is 1.09. The Morgan fingerprint density at radius 2 is 2.45 bits per heavy atom. The Hall–Kier alpha value is -1.69. The van der Waals surface area contributed by atoms with E-state index in [-0.39, 0.29) is 11.4 Å². The van der Waals surface area contributed by atoms with Crippen molar-refractivity contribution in [1.29, 1.82) is 0 Å². The van der Waals surface area contributed by atoms with Gasteiger partial charge in [0, 0.05) is 6.20 Å². The van der Waals surface area contributed by atoms with Crippen molar-refractivity contribution >= 4 is 11.7 Å². The van der Waals surface area contributed by atoms with Gasteiger partial charge in [-0.15, -0.1) is 0 Å². The first-order valence-electron chi connectivity index (χ1n) is 2.75. The molecule has 1 aromatic rings. The number of amides is 1. The Morgan fingerprint density at radius 3 is 3.00 bits per heavy atom. The van der Waals surface area contributed by atoms with Gasteiger partial charge in [0.25, 0.3) is 5.91 Å². The molecule has 6 nitrogen and oxygen atoms in total. The molecule has 1 rings (SSSR count). The van der Waals surface area contributed by atoms with Gasteiger partial charge in [-0.25, -0.2) is 15.4 Å². The first-order chi connectivity index (χ1) is 5.25. The second-order valence-corrected chi connectivity index (χ2v) is 1.76. The molecule has 11 heavy (non-hydrogen) atoms. The minimum absolute atomic E-state index is 0.0338. The van der Waals surface area contributed by atoms with E-state index in [1.54, 1.807) is 0 Å². The Balaban J connectivity index is 3.03. The fourth-order valence-corrected chi connectivity index (χ4v) is 0.574. The Kier molecular flexibility index (Phi) is 1.98. The van der Waals surface area contributed by atoms with Gasteiger partial charge in [-0.1, -0.05) is 0 Å². The number of rotatable bonds is 1. The zero-order chi connectivity index (χ0) is 8.27. The summed E-state index contributed by atoms with van der Waals surface area (Å²) >= 11 is 0. The largest absolute Gasteiger partial charge is 0.383 e. The van der Waals surface area contributed by atoms with Gasteiger partial charge < -0.3 is 5.73 Å². The number of aromatic nitrogens is 2. The van der Waals surface area contributed by atoms with Crippen LogP contribution in [0.15, 0.2) is 12.5 Å². The van der Waals surface area contributed by atoms with E-state index >= 15 is 0 Å². The molecular weight excluding hydrogens is 148 g/mol. The minimum atomic E-state index is -0.719. The van der Waals surface area contributed by atoms with Crippen molar-refractivity contribution in [2.75, 3.05) is 5.73 Å². The highest BCUT2D eigenvalue weighted by molar-refractivity contribution is 5.97. The molecule has 1 heterocycles. The van der Waals surface area contributed by atoms with Crippen LogP contribution in [0, 0.1) is 0 Å². The summed E-state index contributed by atoms with van der Waals surface area (Å²) < 4.78 is 0. The molecule has 1 amide bonds. The van der Waals surface area contributed by atoms with Crippen molar-refractivity contribution < 1.29 is 10.0 Å². The van der Waals surface area contributed by atoms with Gasteiger partial charge in [-0.2, -0.15) is 0 Å². The minimum Gasteiger partial charge on any atom is -0.383 e. The van der Waals surface area contributed by atoms with E-state index in [4.69, 9.17) is 10.9 Å². The van der Waals surface area contributed by atoms with Crippen LogP contribution in [0.2, 0.25) is 0 Å². The van der Waals surface area contributed by atoms with Crippen molar-refractivity contribution in [3.63, 3.8) is 0 Å². The molecule has 0 aliphatic heterocycles. The number of anilines is 1. The van der Waals surface area contributed by atoms with Crippen LogP contribution in [0.4, 0.5) is 5.82 Å². The molecule has 0 spiro atoms. The van der Waals surface area contributed by atoms with Crippen LogP contribution in [0.1, 0.15) is 10.4 Å². The number of nitrogen functional groups attached to an aromatic ring is 1.